The second-order valence-corrected chi connectivity index (χ2v) is 8.52. The number of benzene rings is 2. The molecule has 152 valence electrons. The number of fused-ring (bicyclic) bond motifs is 1. The average Bonchev–Trinajstić information content (AvgIpc) is 3.02. The number of rotatable bonds is 4. The quantitative estimate of drug-likeness (QED) is 0.699. The summed E-state index contributed by atoms with van der Waals surface area (Å²) in [6.45, 7) is 8.14. The molecule has 1 saturated heterocycles. The molecule has 0 spiro atoms. The van der Waals surface area contributed by atoms with Crippen LogP contribution >= 0.6 is 0 Å². The van der Waals surface area contributed by atoms with E-state index in [-0.39, 0.29) is 11.5 Å². The summed E-state index contributed by atoms with van der Waals surface area (Å²) in [5.41, 5.74) is 3.44. The summed E-state index contributed by atoms with van der Waals surface area (Å²) >= 11 is 0. The lowest BCUT2D eigenvalue weighted by molar-refractivity contribution is 0.101. The van der Waals surface area contributed by atoms with E-state index in [2.05, 4.69) is 37.8 Å². The molecule has 4 heteroatoms. The van der Waals surface area contributed by atoms with Crippen molar-refractivity contribution in [2.24, 2.45) is 0 Å². The van der Waals surface area contributed by atoms with Crippen LogP contribution < -0.4 is 4.74 Å². The Labute approximate surface area is 172 Å². The van der Waals surface area contributed by atoms with Crippen LogP contribution in [-0.2, 0) is 6.54 Å². The third-order valence-corrected chi connectivity index (χ3v) is 6.12. The lowest BCUT2D eigenvalue weighted by Gasteiger charge is -2.33. The molecule has 0 saturated carbocycles. The van der Waals surface area contributed by atoms with Crippen molar-refractivity contribution < 1.29 is 14.6 Å². The number of hydrogen-bond acceptors (Lipinski definition) is 4. The third kappa shape index (κ3) is 3.95. The number of Topliss-reactive ketones (excluding diaryl/α,β-unsaturated/α-hetero) is 1. The van der Waals surface area contributed by atoms with E-state index in [1.54, 1.807) is 18.2 Å². The molecule has 4 nitrogen and oxygen atoms in total. The van der Waals surface area contributed by atoms with Gasteiger partial charge in [-0.25, -0.2) is 0 Å². The molecule has 2 aliphatic rings. The largest absolute Gasteiger partial charge is 0.507 e. The number of allylic oxidation sites excluding steroid dienone is 1. The Morgan fingerprint density at radius 1 is 1.17 bits per heavy atom. The van der Waals surface area contributed by atoms with Crippen LogP contribution in [-0.4, -0.2) is 28.4 Å². The van der Waals surface area contributed by atoms with Crippen molar-refractivity contribution in [1.29, 1.82) is 0 Å². The number of phenolic OH excluding ortho intramolecular Hbond substituents is 1. The van der Waals surface area contributed by atoms with Gasteiger partial charge in [0.15, 0.2) is 5.76 Å². The molecule has 0 radical (unpaired) electrons. The standard InChI is InChI=1S/C25H29NO3/c1-16(2)19-9-7-18(8-10-19)14-23-24(28)20-11-12-22(27)21(25(20)29-23)15-26-13-5-4-6-17(26)3/h7-12,14,16-17,27H,4-6,13,15H2,1-3H3/b23-14-. The Morgan fingerprint density at radius 2 is 1.93 bits per heavy atom. The van der Waals surface area contributed by atoms with E-state index in [9.17, 15) is 9.90 Å². The van der Waals surface area contributed by atoms with E-state index in [4.69, 9.17) is 4.74 Å². The molecule has 1 atom stereocenters. The fourth-order valence-electron chi connectivity index (χ4n) is 4.17. The molecule has 4 rings (SSSR count). The molecule has 1 fully saturated rings. The molecular weight excluding hydrogens is 362 g/mol. The molecule has 2 aliphatic heterocycles. The summed E-state index contributed by atoms with van der Waals surface area (Å²) in [5.74, 6) is 1.36. The topological polar surface area (TPSA) is 49.8 Å². The van der Waals surface area contributed by atoms with Crippen LogP contribution in [0.3, 0.4) is 0 Å². The van der Waals surface area contributed by atoms with Crippen LogP contribution in [0, 0.1) is 0 Å². The SMILES string of the molecule is CC(C)c1ccc(/C=C2\Oc3c(ccc(O)c3CN3CCCCC3C)C2=O)cc1. The first-order valence-corrected chi connectivity index (χ1v) is 10.6. The summed E-state index contributed by atoms with van der Waals surface area (Å²) < 4.78 is 6.01. The van der Waals surface area contributed by atoms with Gasteiger partial charge < -0.3 is 9.84 Å². The Kier molecular flexibility index (Phi) is 5.46. The van der Waals surface area contributed by atoms with Gasteiger partial charge in [-0.2, -0.15) is 0 Å². The number of carbonyl (C=O) groups is 1. The molecule has 0 aliphatic carbocycles. The number of ether oxygens (including phenoxy) is 1. The van der Waals surface area contributed by atoms with Gasteiger partial charge in [-0.15, -0.1) is 0 Å². The number of nitrogens with zero attached hydrogens (tertiary/aromatic N) is 1. The molecule has 0 bridgehead atoms. The Morgan fingerprint density at radius 3 is 2.62 bits per heavy atom. The van der Waals surface area contributed by atoms with Crippen molar-refractivity contribution in [3.8, 4) is 11.5 Å². The van der Waals surface area contributed by atoms with E-state index in [0.29, 0.717) is 41.1 Å². The average molecular weight is 392 g/mol. The Bertz CT molecular complexity index is 943. The summed E-state index contributed by atoms with van der Waals surface area (Å²) in [6, 6.07) is 11.9. The lowest BCUT2D eigenvalue weighted by atomic mass is 10.00. The molecular formula is C25H29NO3. The number of piperidine rings is 1. The van der Waals surface area contributed by atoms with Crippen LogP contribution in [0.15, 0.2) is 42.2 Å². The lowest BCUT2D eigenvalue weighted by Crippen LogP contribution is -2.36. The number of aromatic hydroxyl groups is 1. The van der Waals surface area contributed by atoms with Gasteiger partial charge in [-0.05, 0) is 61.6 Å². The Balaban J connectivity index is 1.62. The predicted molar refractivity (Wildman–Crippen MR) is 115 cm³/mol. The van der Waals surface area contributed by atoms with E-state index < -0.39 is 0 Å². The van der Waals surface area contributed by atoms with Crippen LogP contribution in [0.1, 0.15) is 73.0 Å². The van der Waals surface area contributed by atoms with Crippen LogP contribution in [0.2, 0.25) is 0 Å². The van der Waals surface area contributed by atoms with Gasteiger partial charge >= 0.3 is 0 Å². The highest BCUT2D eigenvalue weighted by atomic mass is 16.5. The number of hydrogen-bond donors (Lipinski definition) is 1. The first kappa shape index (κ1) is 19.7. The van der Waals surface area contributed by atoms with Crippen molar-refractivity contribution in [2.75, 3.05) is 6.54 Å². The van der Waals surface area contributed by atoms with Crippen molar-refractivity contribution in [3.63, 3.8) is 0 Å². The fraction of sp³-hybridized carbons (Fsp3) is 0.400. The smallest absolute Gasteiger partial charge is 0.231 e. The minimum absolute atomic E-state index is 0.124. The van der Waals surface area contributed by atoms with Crippen LogP contribution in [0.25, 0.3) is 6.08 Å². The van der Waals surface area contributed by atoms with Gasteiger partial charge in [-0.1, -0.05) is 44.5 Å². The fourth-order valence-corrected chi connectivity index (χ4v) is 4.17. The van der Waals surface area contributed by atoms with Crippen LogP contribution in [0.4, 0.5) is 0 Å². The van der Waals surface area contributed by atoms with Crippen LogP contribution in [0.5, 0.6) is 11.5 Å². The van der Waals surface area contributed by atoms with Gasteiger partial charge in [-0.3, -0.25) is 9.69 Å². The summed E-state index contributed by atoms with van der Waals surface area (Å²) in [4.78, 5) is 15.3. The highest BCUT2D eigenvalue weighted by Gasteiger charge is 2.32. The number of likely N-dealkylation sites (tertiary alicyclic amines) is 1. The van der Waals surface area contributed by atoms with E-state index in [1.165, 1.54) is 12.0 Å². The highest BCUT2D eigenvalue weighted by Crippen LogP contribution is 2.40. The zero-order chi connectivity index (χ0) is 20.5. The van der Waals surface area contributed by atoms with Crippen molar-refractivity contribution in [3.05, 3.63) is 64.4 Å². The second-order valence-electron chi connectivity index (χ2n) is 8.52. The minimum Gasteiger partial charge on any atom is -0.507 e. The first-order chi connectivity index (χ1) is 13.9. The maximum Gasteiger partial charge on any atom is 0.231 e. The molecule has 2 heterocycles. The van der Waals surface area contributed by atoms with Crippen molar-refractivity contribution in [2.45, 2.75) is 58.5 Å². The Hall–Kier alpha value is -2.59. The van der Waals surface area contributed by atoms with Gasteiger partial charge in [0.1, 0.15) is 11.5 Å². The predicted octanol–water partition coefficient (Wildman–Crippen LogP) is 5.51. The summed E-state index contributed by atoms with van der Waals surface area (Å²) in [7, 11) is 0. The number of phenols is 1. The van der Waals surface area contributed by atoms with Gasteiger partial charge in [0, 0.05) is 12.6 Å². The molecule has 2 aromatic rings. The minimum atomic E-state index is -0.124. The van der Waals surface area contributed by atoms with Gasteiger partial charge in [0.25, 0.3) is 0 Å². The number of ketones is 1. The zero-order valence-corrected chi connectivity index (χ0v) is 17.4. The van der Waals surface area contributed by atoms with E-state index >= 15 is 0 Å². The van der Waals surface area contributed by atoms with Crippen molar-refractivity contribution in [1.82, 2.24) is 4.90 Å². The van der Waals surface area contributed by atoms with E-state index in [1.807, 2.05) is 12.1 Å². The molecule has 1 N–H and O–H groups in total. The molecule has 2 aromatic carbocycles. The summed E-state index contributed by atoms with van der Waals surface area (Å²) in [5, 5.41) is 10.5. The molecule has 0 amide bonds. The van der Waals surface area contributed by atoms with E-state index in [0.717, 1.165) is 24.9 Å². The first-order valence-electron chi connectivity index (χ1n) is 10.6. The molecule has 29 heavy (non-hydrogen) atoms. The maximum absolute atomic E-state index is 12.9. The highest BCUT2D eigenvalue weighted by molar-refractivity contribution is 6.15. The normalized spacial score (nSPS) is 20.9. The maximum atomic E-state index is 12.9. The second kappa shape index (κ2) is 8.03. The number of carbonyl (C=O) groups excluding carboxylic acids is 1. The monoisotopic (exact) mass is 391 g/mol. The van der Waals surface area contributed by atoms with Gasteiger partial charge in [0.2, 0.25) is 5.78 Å². The summed E-state index contributed by atoms with van der Waals surface area (Å²) in [6.07, 6.45) is 5.36. The zero-order valence-electron chi connectivity index (χ0n) is 17.4. The molecule has 0 aromatic heterocycles. The molecule has 1 unspecified atom stereocenters. The third-order valence-electron chi connectivity index (χ3n) is 6.12. The van der Waals surface area contributed by atoms with Crippen molar-refractivity contribution >= 4 is 11.9 Å². The van der Waals surface area contributed by atoms with Gasteiger partial charge in [0.05, 0.1) is 11.1 Å².